The van der Waals surface area contributed by atoms with Crippen molar-refractivity contribution in [3.05, 3.63) is 28.8 Å². The minimum atomic E-state index is -0.212. The maximum absolute atomic E-state index is 11.6. The average Bonchev–Trinajstić information content (AvgIpc) is 2.28. The van der Waals surface area contributed by atoms with Gasteiger partial charge in [0, 0.05) is 12.0 Å². The monoisotopic (exact) mass is 240 g/mol. The molecule has 1 aromatic carbocycles. The van der Waals surface area contributed by atoms with Crippen LogP contribution in [0.2, 0.25) is 5.02 Å². The van der Waals surface area contributed by atoms with Crippen LogP contribution in [-0.4, -0.2) is 18.7 Å². The number of hydrogen-bond donors (Lipinski definition) is 0. The topological polar surface area (TPSA) is 43.4 Å². The molecular weight excluding hydrogens is 228 g/mol. The van der Waals surface area contributed by atoms with Crippen molar-refractivity contribution in [3.8, 4) is 5.75 Å². The smallest absolute Gasteiger partial charge is 0.170 e. The molecule has 0 radical (unpaired) electrons. The number of rotatable bonds is 5. The van der Waals surface area contributed by atoms with E-state index in [9.17, 15) is 9.59 Å². The standard InChI is InChI=1S/C12H13ClO3/c1-3-9(14)7-11(15)8-4-5-12(16-2)10(13)6-8/h4-6H,3,7H2,1-2H3. The van der Waals surface area contributed by atoms with Crippen LogP contribution in [0.1, 0.15) is 30.1 Å². The highest BCUT2D eigenvalue weighted by molar-refractivity contribution is 6.32. The van der Waals surface area contributed by atoms with Crippen LogP contribution in [-0.2, 0) is 4.79 Å². The Morgan fingerprint density at radius 2 is 2.06 bits per heavy atom. The summed E-state index contributed by atoms with van der Waals surface area (Å²) in [5, 5.41) is 0.372. The molecule has 1 rings (SSSR count). The highest BCUT2D eigenvalue weighted by Crippen LogP contribution is 2.25. The van der Waals surface area contributed by atoms with E-state index < -0.39 is 0 Å². The molecule has 86 valence electrons. The van der Waals surface area contributed by atoms with Gasteiger partial charge in [0.1, 0.15) is 11.5 Å². The number of Topliss-reactive ketones (excluding diaryl/α,β-unsaturated/α-hetero) is 2. The Kier molecular flexibility index (Phi) is 4.50. The van der Waals surface area contributed by atoms with Crippen LogP contribution < -0.4 is 4.74 Å². The summed E-state index contributed by atoms with van der Waals surface area (Å²) in [5.41, 5.74) is 0.438. The first-order valence-corrected chi connectivity index (χ1v) is 5.34. The number of halogens is 1. The first kappa shape index (κ1) is 12.7. The first-order valence-electron chi connectivity index (χ1n) is 4.97. The van der Waals surface area contributed by atoms with E-state index in [1.165, 1.54) is 13.2 Å². The zero-order valence-corrected chi connectivity index (χ0v) is 10.0. The molecule has 0 amide bonds. The lowest BCUT2D eigenvalue weighted by molar-refractivity contribution is -0.117. The molecule has 16 heavy (non-hydrogen) atoms. The van der Waals surface area contributed by atoms with E-state index >= 15 is 0 Å². The normalized spacial score (nSPS) is 9.94. The Morgan fingerprint density at radius 1 is 1.38 bits per heavy atom. The molecule has 0 aliphatic rings. The summed E-state index contributed by atoms with van der Waals surface area (Å²) in [6.45, 7) is 1.73. The number of carbonyl (C=O) groups excluding carboxylic acids is 2. The van der Waals surface area contributed by atoms with Crippen LogP contribution in [0.4, 0.5) is 0 Å². The van der Waals surface area contributed by atoms with Crippen molar-refractivity contribution in [1.29, 1.82) is 0 Å². The van der Waals surface area contributed by atoms with Crippen LogP contribution >= 0.6 is 11.6 Å². The van der Waals surface area contributed by atoms with Gasteiger partial charge in [-0.25, -0.2) is 0 Å². The molecule has 3 nitrogen and oxygen atoms in total. The molecule has 0 fully saturated rings. The Labute approximate surface area is 99.4 Å². The third-order valence-corrected chi connectivity index (χ3v) is 2.52. The maximum Gasteiger partial charge on any atom is 0.170 e. The van der Waals surface area contributed by atoms with E-state index in [4.69, 9.17) is 16.3 Å². The van der Waals surface area contributed by atoms with Gasteiger partial charge in [-0.15, -0.1) is 0 Å². The molecule has 0 saturated carbocycles. The van der Waals surface area contributed by atoms with Gasteiger partial charge in [0.05, 0.1) is 18.6 Å². The molecule has 0 spiro atoms. The fourth-order valence-electron chi connectivity index (χ4n) is 1.25. The summed E-state index contributed by atoms with van der Waals surface area (Å²) in [7, 11) is 1.50. The van der Waals surface area contributed by atoms with Crippen LogP contribution in [0.25, 0.3) is 0 Å². The molecule has 0 aliphatic heterocycles. The van der Waals surface area contributed by atoms with Crippen molar-refractivity contribution in [3.63, 3.8) is 0 Å². The van der Waals surface area contributed by atoms with Crippen LogP contribution in [0.15, 0.2) is 18.2 Å². The lowest BCUT2D eigenvalue weighted by Gasteiger charge is -2.04. The molecular formula is C12H13ClO3. The number of ether oxygens (including phenoxy) is 1. The predicted octanol–water partition coefficient (Wildman–Crippen LogP) is 2.90. The Morgan fingerprint density at radius 3 is 2.56 bits per heavy atom. The van der Waals surface area contributed by atoms with E-state index in [-0.39, 0.29) is 18.0 Å². The zero-order chi connectivity index (χ0) is 12.1. The lowest BCUT2D eigenvalue weighted by Crippen LogP contribution is -2.07. The van der Waals surface area contributed by atoms with E-state index in [1.807, 2.05) is 0 Å². The van der Waals surface area contributed by atoms with E-state index in [0.717, 1.165) is 0 Å². The fourth-order valence-corrected chi connectivity index (χ4v) is 1.50. The largest absolute Gasteiger partial charge is 0.495 e. The van der Waals surface area contributed by atoms with Gasteiger partial charge in [-0.3, -0.25) is 9.59 Å². The predicted molar refractivity (Wildman–Crippen MR) is 62.2 cm³/mol. The van der Waals surface area contributed by atoms with Crippen LogP contribution in [0.5, 0.6) is 5.75 Å². The second kappa shape index (κ2) is 5.66. The Hall–Kier alpha value is -1.35. The van der Waals surface area contributed by atoms with Crippen LogP contribution in [0.3, 0.4) is 0 Å². The van der Waals surface area contributed by atoms with E-state index in [1.54, 1.807) is 19.1 Å². The number of carbonyl (C=O) groups is 2. The number of methoxy groups -OCH3 is 1. The second-order valence-corrected chi connectivity index (χ2v) is 3.75. The van der Waals surface area contributed by atoms with Gasteiger partial charge in [-0.1, -0.05) is 18.5 Å². The number of benzene rings is 1. The Balaban J connectivity index is 2.85. The molecule has 0 N–H and O–H groups in total. The average molecular weight is 241 g/mol. The quantitative estimate of drug-likeness (QED) is 0.587. The summed E-state index contributed by atoms with van der Waals surface area (Å²) in [6, 6.07) is 4.74. The molecule has 0 bridgehead atoms. The second-order valence-electron chi connectivity index (χ2n) is 3.34. The molecule has 0 saturated heterocycles. The third kappa shape index (κ3) is 3.07. The fraction of sp³-hybridized carbons (Fsp3) is 0.333. The molecule has 0 unspecified atom stereocenters. The van der Waals surface area contributed by atoms with Gasteiger partial charge in [-0.05, 0) is 18.2 Å². The van der Waals surface area contributed by atoms with Crippen LogP contribution in [0, 0.1) is 0 Å². The summed E-state index contributed by atoms with van der Waals surface area (Å²) < 4.78 is 4.97. The van der Waals surface area contributed by atoms with Gasteiger partial charge in [0.15, 0.2) is 5.78 Å². The van der Waals surface area contributed by atoms with Gasteiger partial charge >= 0.3 is 0 Å². The minimum Gasteiger partial charge on any atom is -0.495 e. The molecule has 0 aliphatic carbocycles. The van der Waals surface area contributed by atoms with Gasteiger partial charge < -0.3 is 4.74 Å². The SMILES string of the molecule is CCC(=O)CC(=O)c1ccc(OC)c(Cl)c1. The Bertz CT molecular complexity index is 413. The summed E-state index contributed by atoms with van der Waals surface area (Å²) >= 11 is 5.88. The van der Waals surface area contributed by atoms with Gasteiger partial charge in [-0.2, -0.15) is 0 Å². The highest BCUT2D eigenvalue weighted by Gasteiger charge is 2.12. The molecule has 0 atom stereocenters. The summed E-state index contributed by atoms with van der Waals surface area (Å²) in [6.07, 6.45) is 0.300. The number of hydrogen-bond acceptors (Lipinski definition) is 3. The highest BCUT2D eigenvalue weighted by atomic mass is 35.5. The molecule has 0 aromatic heterocycles. The van der Waals surface area contributed by atoms with Crippen molar-refractivity contribution >= 4 is 23.2 Å². The van der Waals surface area contributed by atoms with Crippen molar-refractivity contribution in [1.82, 2.24) is 0 Å². The zero-order valence-electron chi connectivity index (χ0n) is 9.25. The van der Waals surface area contributed by atoms with E-state index in [2.05, 4.69) is 0 Å². The van der Waals surface area contributed by atoms with Gasteiger partial charge in [0.25, 0.3) is 0 Å². The maximum atomic E-state index is 11.6. The third-order valence-electron chi connectivity index (χ3n) is 2.23. The minimum absolute atomic E-state index is 0.0703. The van der Waals surface area contributed by atoms with Crippen molar-refractivity contribution in [2.75, 3.05) is 7.11 Å². The van der Waals surface area contributed by atoms with Gasteiger partial charge in [0.2, 0.25) is 0 Å². The molecule has 0 heterocycles. The van der Waals surface area contributed by atoms with Crippen molar-refractivity contribution in [2.45, 2.75) is 19.8 Å². The molecule has 4 heteroatoms. The van der Waals surface area contributed by atoms with Crippen molar-refractivity contribution in [2.24, 2.45) is 0 Å². The number of ketones is 2. The van der Waals surface area contributed by atoms with E-state index in [0.29, 0.717) is 22.8 Å². The summed E-state index contributed by atoms with van der Waals surface area (Å²) in [5.74, 6) is 0.230. The van der Waals surface area contributed by atoms with Crippen molar-refractivity contribution < 1.29 is 14.3 Å². The lowest BCUT2D eigenvalue weighted by atomic mass is 10.0. The first-order chi connectivity index (χ1) is 7.58. The molecule has 1 aromatic rings. The summed E-state index contributed by atoms with van der Waals surface area (Å²) in [4.78, 5) is 22.8.